The molecule has 0 spiro atoms. The van der Waals surface area contributed by atoms with Gasteiger partial charge in [0, 0.05) is 31.0 Å². The van der Waals surface area contributed by atoms with Gasteiger partial charge in [-0.05, 0) is 39.3 Å². The third kappa shape index (κ3) is 6.50. The number of nitrogens with zero attached hydrogens (tertiary/aromatic N) is 4. The fraction of sp³-hybridized carbons (Fsp3) is 0.458. The minimum Gasteiger partial charge on any atom is -0.481 e. The van der Waals surface area contributed by atoms with Crippen molar-refractivity contribution in [2.45, 2.75) is 46.3 Å². The summed E-state index contributed by atoms with van der Waals surface area (Å²) in [6.45, 7) is 8.47. The highest BCUT2D eigenvalue weighted by Gasteiger charge is 2.18. The van der Waals surface area contributed by atoms with Crippen molar-refractivity contribution in [3.8, 4) is 17.1 Å². The number of fused-ring (bicyclic) bond motifs is 1. The van der Waals surface area contributed by atoms with Crippen LogP contribution < -0.4 is 15.6 Å². The SMILES string of the molecule is CCCOCCn1c(=O)c(NCC(=O)OC(C)(C)C)nc2cnc(-c3ccc(OC)nc3)cc21. The lowest BCUT2D eigenvalue weighted by molar-refractivity contribution is -0.152. The summed E-state index contributed by atoms with van der Waals surface area (Å²) in [6, 6.07) is 5.39. The number of esters is 1. The molecule has 0 aliphatic rings. The van der Waals surface area contributed by atoms with Gasteiger partial charge in [-0.1, -0.05) is 6.92 Å². The van der Waals surface area contributed by atoms with Gasteiger partial charge in [0.15, 0.2) is 5.82 Å². The van der Waals surface area contributed by atoms with Crippen LogP contribution in [0.2, 0.25) is 0 Å². The number of nitrogens with one attached hydrogen (secondary N) is 1. The summed E-state index contributed by atoms with van der Waals surface area (Å²) in [5, 5.41) is 2.82. The standard InChI is InChI=1S/C24H31N5O5/c1-6-10-33-11-9-29-19-12-17(16-7-8-20(32-5)26-13-16)25-14-18(19)28-22(23(29)31)27-15-21(30)34-24(2,3)4/h7-8,12-14H,6,9-11,15H2,1-5H3,(H,27,28). The first kappa shape index (κ1) is 25.1. The molecule has 0 aromatic carbocycles. The molecule has 0 bridgehead atoms. The van der Waals surface area contributed by atoms with E-state index in [-0.39, 0.29) is 17.9 Å². The average molecular weight is 470 g/mol. The van der Waals surface area contributed by atoms with Crippen molar-refractivity contribution in [3.63, 3.8) is 0 Å². The van der Waals surface area contributed by atoms with E-state index in [1.807, 2.05) is 13.0 Å². The number of rotatable bonds is 10. The molecule has 0 aliphatic carbocycles. The highest BCUT2D eigenvalue weighted by molar-refractivity contribution is 5.81. The molecular formula is C24H31N5O5. The van der Waals surface area contributed by atoms with E-state index in [1.54, 1.807) is 57.0 Å². The lowest BCUT2D eigenvalue weighted by atomic mass is 10.2. The number of hydrogen-bond acceptors (Lipinski definition) is 9. The molecule has 3 rings (SSSR count). The fourth-order valence-corrected chi connectivity index (χ4v) is 3.23. The monoisotopic (exact) mass is 469 g/mol. The molecule has 10 nitrogen and oxygen atoms in total. The third-order valence-corrected chi connectivity index (χ3v) is 4.70. The summed E-state index contributed by atoms with van der Waals surface area (Å²) in [7, 11) is 1.55. The lowest BCUT2D eigenvalue weighted by Gasteiger charge is -2.19. The maximum atomic E-state index is 13.3. The van der Waals surface area contributed by atoms with Crippen LogP contribution in [-0.4, -0.2) is 58.0 Å². The molecule has 3 aromatic heterocycles. The quantitative estimate of drug-likeness (QED) is 0.353. The summed E-state index contributed by atoms with van der Waals surface area (Å²) in [5.74, 6) is 0.0681. The molecule has 10 heteroatoms. The molecule has 0 fully saturated rings. The normalized spacial score (nSPS) is 11.4. The van der Waals surface area contributed by atoms with Gasteiger partial charge in [0.1, 0.15) is 17.7 Å². The highest BCUT2D eigenvalue weighted by atomic mass is 16.6. The number of ether oxygens (including phenoxy) is 3. The Balaban J connectivity index is 1.96. The number of aromatic nitrogens is 4. The Bertz CT molecular complexity index is 1190. The lowest BCUT2D eigenvalue weighted by Crippen LogP contribution is -2.32. The predicted molar refractivity (Wildman–Crippen MR) is 129 cm³/mol. The zero-order valence-electron chi connectivity index (χ0n) is 20.3. The molecule has 1 N–H and O–H groups in total. The third-order valence-electron chi connectivity index (χ3n) is 4.70. The Hall–Kier alpha value is -3.53. The number of carbonyl (C=O) groups excluding carboxylic acids is 1. The van der Waals surface area contributed by atoms with E-state index >= 15 is 0 Å². The van der Waals surface area contributed by atoms with Gasteiger partial charge < -0.3 is 24.1 Å². The number of methoxy groups -OCH3 is 1. The molecule has 182 valence electrons. The summed E-state index contributed by atoms with van der Waals surface area (Å²) in [4.78, 5) is 38.5. The molecule has 0 saturated carbocycles. The minimum atomic E-state index is -0.622. The van der Waals surface area contributed by atoms with Gasteiger partial charge in [-0.3, -0.25) is 14.6 Å². The molecule has 0 unspecified atom stereocenters. The van der Waals surface area contributed by atoms with Crippen LogP contribution in [0.3, 0.4) is 0 Å². The van der Waals surface area contributed by atoms with E-state index in [4.69, 9.17) is 14.2 Å². The van der Waals surface area contributed by atoms with E-state index in [0.717, 1.165) is 12.0 Å². The van der Waals surface area contributed by atoms with Gasteiger partial charge in [-0.25, -0.2) is 9.97 Å². The van der Waals surface area contributed by atoms with Crippen LogP contribution in [0.4, 0.5) is 5.82 Å². The zero-order chi connectivity index (χ0) is 24.7. The molecule has 34 heavy (non-hydrogen) atoms. The number of anilines is 1. The average Bonchev–Trinajstić information content (AvgIpc) is 2.80. The van der Waals surface area contributed by atoms with Gasteiger partial charge >= 0.3 is 5.97 Å². The van der Waals surface area contributed by atoms with Crippen LogP contribution >= 0.6 is 0 Å². The van der Waals surface area contributed by atoms with E-state index < -0.39 is 11.6 Å². The second-order valence-electron chi connectivity index (χ2n) is 8.62. The summed E-state index contributed by atoms with van der Waals surface area (Å²) < 4.78 is 17.6. The molecule has 0 aliphatic heterocycles. The van der Waals surface area contributed by atoms with Crippen LogP contribution in [0.15, 0.2) is 35.4 Å². The molecule has 0 atom stereocenters. The Morgan fingerprint density at radius 3 is 2.59 bits per heavy atom. The van der Waals surface area contributed by atoms with Crippen molar-refractivity contribution in [2.24, 2.45) is 0 Å². The molecular weight excluding hydrogens is 438 g/mol. The fourth-order valence-electron chi connectivity index (χ4n) is 3.23. The van der Waals surface area contributed by atoms with Crippen LogP contribution in [0.1, 0.15) is 34.1 Å². The van der Waals surface area contributed by atoms with E-state index in [2.05, 4.69) is 20.3 Å². The first-order chi connectivity index (χ1) is 16.2. The van der Waals surface area contributed by atoms with Gasteiger partial charge in [-0.2, -0.15) is 0 Å². The van der Waals surface area contributed by atoms with Gasteiger partial charge in [0.05, 0.1) is 31.1 Å². The van der Waals surface area contributed by atoms with Crippen molar-refractivity contribution in [1.82, 2.24) is 19.5 Å². The predicted octanol–water partition coefficient (Wildman–Crippen LogP) is 3.04. The van der Waals surface area contributed by atoms with Crippen molar-refractivity contribution in [1.29, 1.82) is 0 Å². The molecule has 0 amide bonds. The van der Waals surface area contributed by atoms with Crippen molar-refractivity contribution in [2.75, 3.05) is 32.2 Å². The van der Waals surface area contributed by atoms with E-state index in [1.165, 1.54) is 0 Å². The first-order valence-electron chi connectivity index (χ1n) is 11.2. The van der Waals surface area contributed by atoms with Crippen LogP contribution in [0, 0.1) is 0 Å². The second-order valence-corrected chi connectivity index (χ2v) is 8.62. The number of carbonyl (C=O) groups is 1. The molecule has 0 saturated heterocycles. The van der Waals surface area contributed by atoms with Crippen LogP contribution in [-0.2, 0) is 20.8 Å². The van der Waals surface area contributed by atoms with Crippen molar-refractivity contribution in [3.05, 3.63) is 40.9 Å². The number of pyridine rings is 2. The number of hydrogen-bond donors (Lipinski definition) is 1. The Morgan fingerprint density at radius 1 is 1.15 bits per heavy atom. The van der Waals surface area contributed by atoms with Gasteiger partial charge in [0.25, 0.3) is 5.56 Å². The topological polar surface area (TPSA) is 117 Å². The van der Waals surface area contributed by atoms with Gasteiger partial charge in [0.2, 0.25) is 5.88 Å². The largest absolute Gasteiger partial charge is 0.481 e. The Morgan fingerprint density at radius 2 is 1.94 bits per heavy atom. The maximum absolute atomic E-state index is 13.3. The van der Waals surface area contributed by atoms with Crippen molar-refractivity contribution >= 4 is 22.8 Å². The van der Waals surface area contributed by atoms with Crippen molar-refractivity contribution < 1.29 is 19.0 Å². The molecule has 0 radical (unpaired) electrons. The summed E-state index contributed by atoms with van der Waals surface area (Å²) in [5.41, 5.74) is 1.54. The minimum absolute atomic E-state index is 0.0505. The Labute approximate surface area is 198 Å². The summed E-state index contributed by atoms with van der Waals surface area (Å²) in [6.07, 6.45) is 4.13. The molecule has 3 heterocycles. The maximum Gasteiger partial charge on any atom is 0.325 e. The molecule has 3 aromatic rings. The van der Waals surface area contributed by atoms with Crippen LogP contribution in [0.25, 0.3) is 22.3 Å². The Kier molecular flexibility index (Phi) is 8.17. The zero-order valence-corrected chi connectivity index (χ0v) is 20.3. The van der Waals surface area contributed by atoms with Crippen LogP contribution in [0.5, 0.6) is 5.88 Å². The summed E-state index contributed by atoms with van der Waals surface area (Å²) >= 11 is 0. The van der Waals surface area contributed by atoms with Gasteiger partial charge in [-0.15, -0.1) is 0 Å². The first-order valence-corrected chi connectivity index (χ1v) is 11.2. The van der Waals surface area contributed by atoms with E-state index in [9.17, 15) is 9.59 Å². The smallest absolute Gasteiger partial charge is 0.325 e. The van der Waals surface area contributed by atoms with E-state index in [0.29, 0.717) is 42.4 Å². The highest BCUT2D eigenvalue weighted by Crippen LogP contribution is 2.22. The second kappa shape index (κ2) is 11.1.